The average molecular weight is 367 g/mol. The third-order valence-electron chi connectivity index (χ3n) is 5.08. The van der Waals surface area contributed by atoms with Gasteiger partial charge in [0, 0.05) is 31.9 Å². The molecule has 2 fully saturated rings. The van der Waals surface area contributed by atoms with Crippen molar-refractivity contribution in [3.05, 3.63) is 11.3 Å². The van der Waals surface area contributed by atoms with Crippen LogP contribution in [0.3, 0.4) is 0 Å². The fraction of sp³-hybridized carbons (Fsp3) is 0.765. The van der Waals surface area contributed by atoms with Crippen LogP contribution >= 0.6 is 0 Å². The van der Waals surface area contributed by atoms with Crippen molar-refractivity contribution in [1.82, 2.24) is 26.4 Å². The van der Waals surface area contributed by atoms with Crippen LogP contribution in [-0.2, 0) is 19.1 Å². The Morgan fingerprint density at radius 1 is 1.31 bits per heavy atom. The van der Waals surface area contributed by atoms with Gasteiger partial charge in [-0.1, -0.05) is 0 Å². The predicted octanol–water partition coefficient (Wildman–Crippen LogP) is -0.826. The van der Waals surface area contributed by atoms with Crippen molar-refractivity contribution in [2.75, 3.05) is 33.5 Å². The average Bonchev–Trinajstić information content (AvgIpc) is 3.15. The number of hydrogen-bond acceptors (Lipinski definition) is 8. The first-order valence-electron chi connectivity index (χ1n) is 9.10. The van der Waals surface area contributed by atoms with Gasteiger partial charge >= 0.3 is 5.97 Å². The number of ether oxygens (including phenoxy) is 2. The second-order valence-corrected chi connectivity index (χ2v) is 7.57. The van der Waals surface area contributed by atoms with E-state index >= 15 is 0 Å². The molecule has 0 bridgehead atoms. The number of nitrogens with one attached hydrogen (secondary N) is 4. The molecular weight excluding hydrogens is 338 g/mol. The summed E-state index contributed by atoms with van der Waals surface area (Å²) in [6.07, 6.45) is 2.28. The topological polar surface area (TPSA) is 104 Å². The minimum absolute atomic E-state index is 0.135. The summed E-state index contributed by atoms with van der Waals surface area (Å²) >= 11 is 0. The first-order chi connectivity index (χ1) is 12.4. The Bertz CT molecular complexity index is 578. The first kappa shape index (κ1) is 19.2. The van der Waals surface area contributed by atoms with Crippen LogP contribution in [0.2, 0.25) is 0 Å². The summed E-state index contributed by atoms with van der Waals surface area (Å²) in [6.45, 7) is 6.85. The van der Waals surface area contributed by atoms with Crippen LogP contribution in [0.5, 0.6) is 0 Å². The lowest BCUT2D eigenvalue weighted by atomic mass is 9.95. The molecule has 3 heterocycles. The molecule has 3 aliphatic heterocycles. The van der Waals surface area contributed by atoms with Crippen molar-refractivity contribution >= 4 is 11.9 Å². The van der Waals surface area contributed by atoms with E-state index in [0.717, 1.165) is 32.6 Å². The van der Waals surface area contributed by atoms with Gasteiger partial charge in [0.1, 0.15) is 6.04 Å². The van der Waals surface area contributed by atoms with Crippen LogP contribution in [0.25, 0.3) is 0 Å². The highest BCUT2D eigenvalue weighted by Crippen LogP contribution is 2.28. The van der Waals surface area contributed by atoms with Gasteiger partial charge in [-0.25, -0.2) is 15.6 Å². The summed E-state index contributed by atoms with van der Waals surface area (Å²) in [7, 11) is 1.33. The lowest BCUT2D eigenvalue weighted by molar-refractivity contribution is -0.138. The number of carbonyl (C=O) groups is 2. The molecule has 3 aliphatic rings. The monoisotopic (exact) mass is 367 g/mol. The van der Waals surface area contributed by atoms with E-state index in [9.17, 15) is 9.59 Å². The van der Waals surface area contributed by atoms with Crippen LogP contribution in [-0.4, -0.2) is 68.1 Å². The van der Waals surface area contributed by atoms with Crippen LogP contribution < -0.4 is 21.5 Å². The molecule has 0 radical (unpaired) electrons. The quantitative estimate of drug-likeness (QED) is 0.478. The van der Waals surface area contributed by atoms with E-state index in [4.69, 9.17) is 9.47 Å². The minimum atomic E-state index is -0.466. The van der Waals surface area contributed by atoms with Gasteiger partial charge in [-0.05, 0) is 26.7 Å². The van der Waals surface area contributed by atoms with Gasteiger partial charge in [-0.15, -0.1) is 0 Å². The third kappa shape index (κ3) is 4.41. The molecule has 9 nitrogen and oxygen atoms in total. The molecule has 0 aromatic carbocycles. The highest BCUT2D eigenvalue weighted by molar-refractivity contribution is 5.92. The molecule has 0 saturated carbocycles. The molecule has 0 aliphatic carbocycles. The third-order valence-corrected chi connectivity index (χ3v) is 5.08. The second-order valence-electron chi connectivity index (χ2n) is 7.57. The lowest BCUT2D eigenvalue weighted by Crippen LogP contribution is -2.61. The van der Waals surface area contributed by atoms with Crippen molar-refractivity contribution in [1.29, 1.82) is 0 Å². The number of nitrogens with zero attached hydrogens (tertiary/aromatic N) is 1. The Morgan fingerprint density at radius 2 is 2.12 bits per heavy atom. The molecule has 3 rings (SSSR count). The molecule has 2 unspecified atom stereocenters. The number of methoxy groups -OCH3 is 1. The molecule has 9 heteroatoms. The summed E-state index contributed by atoms with van der Waals surface area (Å²) in [5.74, 6) is -0.614. The summed E-state index contributed by atoms with van der Waals surface area (Å²) in [5.41, 5.74) is 6.88. The van der Waals surface area contributed by atoms with Gasteiger partial charge in [0.2, 0.25) is 5.91 Å². The highest BCUT2D eigenvalue weighted by Gasteiger charge is 2.34. The second kappa shape index (κ2) is 8.01. The van der Waals surface area contributed by atoms with Gasteiger partial charge in [-0.2, -0.15) is 0 Å². The number of rotatable bonds is 4. The minimum Gasteiger partial charge on any atom is -0.466 e. The molecule has 0 aromatic rings. The predicted molar refractivity (Wildman–Crippen MR) is 94.5 cm³/mol. The van der Waals surface area contributed by atoms with Gasteiger partial charge < -0.3 is 20.1 Å². The Morgan fingerprint density at radius 3 is 2.73 bits per heavy atom. The molecule has 26 heavy (non-hydrogen) atoms. The van der Waals surface area contributed by atoms with E-state index < -0.39 is 11.6 Å². The van der Waals surface area contributed by atoms with Crippen LogP contribution in [0, 0.1) is 0 Å². The van der Waals surface area contributed by atoms with E-state index in [-0.39, 0.29) is 24.7 Å². The Kier molecular flexibility index (Phi) is 5.93. The number of hydrogen-bond donors (Lipinski definition) is 4. The zero-order chi connectivity index (χ0) is 18.7. The molecule has 2 atom stereocenters. The standard InChI is InChI=1S/C17H29N5O4/c1-17(2)8-13(11(9-26-17)16(24)25-3)19-15(23)12-4-5-14(21-20-12)22-7-6-18-10-22/h12,14,18,20-21H,4-10H2,1-3H3,(H,19,23). The van der Waals surface area contributed by atoms with Crippen LogP contribution in [0.1, 0.15) is 33.1 Å². The van der Waals surface area contributed by atoms with E-state index in [2.05, 4.69) is 26.4 Å². The maximum atomic E-state index is 12.7. The zero-order valence-corrected chi connectivity index (χ0v) is 15.7. The van der Waals surface area contributed by atoms with E-state index in [1.165, 1.54) is 7.11 Å². The molecule has 0 aromatic heterocycles. The Hall–Kier alpha value is -1.52. The first-order valence-corrected chi connectivity index (χ1v) is 9.10. The van der Waals surface area contributed by atoms with Crippen LogP contribution in [0.15, 0.2) is 11.3 Å². The largest absolute Gasteiger partial charge is 0.466 e. The SMILES string of the molecule is COC(=O)C1=C(NC(=O)C2CCC(N3CCNC3)NN2)CC(C)(C)OC1. The summed E-state index contributed by atoms with van der Waals surface area (Å²) in [6, 6.07) is -0.348. The van der Waals surface area contributed by atoms with Crippen molar-refractivity contribution in [2.24, 2.45) is 0 Å². The zero-order valence-electron chi connectivity index (χ0n) is 15.7. The Labute approximate surface area is 153 Å². The van der Waals surface area contributed by atoms with Crippen molar-refractivity contribution in [3.63, 3.8) is 0 Å². The summed E-state index contributed by atoms with van der Waals surface area (Å²) in [5, 5.41) is 6.23. The number of amides is 1. The fourth-order valence-corrected chi connectivity index (χ4v) is 3.53. The maximum absolute atomic E-state index is 12.7. The van der Waals surface area contributed by atoms with E-state index in [1.807, 2.05) is 13.8 Å². The molecular formula is C17H29N5O4. The summed E-state index contributed by atoms with van der Waals surface area (Å²) in [4.78, 5) is 27.0. The maximum Gasteiger partial charge on any atom is 0.337 e. The highest BCUT2D eigenvalue weighted by atomic mass is 16.5. The molecule has 0 spiro atoms. The van der Waals surface area contributed by atoms with Gasteiger partial charge in [0.25, 0.3) is 0 Å². The molecule has 146 valence electrons. The number of hydrazine groups is 1. The Balaban J connectivity index is 1.60. The normalized spacial score (nSPS) is 29.5. The number of carbonyl (C=O) groups excluding carboxylic acids is 2. The van der Waals surface area contributed by atoms with E-state index in [1.54, 1.807) is 0 Å². The van der Waals surface area contributed by atoms with Gasteiger partial charge in [0.05, 0.1) is 31.1 Å². The van der Waals surface area contributed by atoms with Gasteiger partial charge in [-0.3, -0.25) is 9.69 Å². The van der Waals surface area contributed by atoms with Crippen LogP contribution in [0.4, 0.5) is 0 Å². The van der Waals surface area contributed by atoms with Gasteiger partial charge in [0.15, 0.2) is 0 Å². The number of esters is 1. The van der Waals surface area contributed by atoms with E-state index in [0.29, 0.717) is 17.7 Å². The summed E-state index contributed by atoms with van der Waals surface area (Å²) < 4.78 is 10.5. The molecule has 2 saturated heterocycles. The smallest absolute Gasteiger partial charge is 0.337 e. The molecule has 4 N–H and O–H groups in total. The lowest BCUT2D eigenvalue weighted by Gasteiger charge is -2.36. The molecule has 1 amide bonds. The van der Waals surface area contributed by atoms with Crippen molar-refractivity contribution in [2.45, 2.75) is 50.9 Å². The fourth-order valence-electron chi connectivity index (χ4n) is 3.53. The van der Waals surface area contributed by atoms with Crippen molar-refractivity contribution < 1.29 is 19.1 Å². The van der Waals surface area contributed by atoms with Crippen molar-refractivity contribution in [3.8, 4) is 0 Å².